The molecule has 0 unspecified atom stereocenters. The third-order valence-electron chi connectivity index (χ3n) is 4.90. The van der Waals surface area contributed by atoms with Crippen LogP contribution in [0.5, 0.6) is 5.75 Å². The molecule has 1 saturated heterocycles. The number of methoxy groups -OCH3 is 1. The van der Waals surface area contributed by atoms with Crippen molar-refractivity contribution in [2.45, 2.75) is 32.2 Å². The minimum atomic E-state index is -1.04. The normalized spacial score (nSPS) is 16.4. The minimum absolute atomic E-state index is 0.0153. The van der Waals surface area contributed by atoms with Crippen molar-refractivity contribution in [2.75, 3.05) is 20.2 Å². The van der Waals surface area contributed by atoms with Crippen molar-refractivity contribution in [1.82, 2.24) is 9.88 Å². The van der Waals surface area contributed by atoms with Crippen molar-refractivity contribution in [1.29, 1.82) is 0 Å². The zero-order valence-corrected chi connectivity index (χ0v) is 14.7. The van der Waals surface area contributed by atoms with Gasteiger partial charge in [-0.1, -0.05) is 30.7 Å². The zero-order chi connectivity index (χ0) is 17.8. The average Bonchev–Trinajstić information content (AvgIpc) is 2.67. The van der Waals surface area contributed by atoms with Crippen LogP contribution in [0.3, 0.4) is 0 Å². The molecule has 0 radical (unpaired) electrons. The first-order valence-electron chi connectivity index (χ1n) is 8.73. The summed E-state index contributed by atoms with van der Waals surface area (Å²) in [4.78, 5) is 18.0. The van der Waals surface area contributed by atoms with Gasteiger partial charge in [0.2, 0.25) is 0 Å². The van der Waals surface area contributed by atoms with Crippen LogP contribution in [-0.4, -0.2) is 41.2 Å². The second-order valence-electron chi connectivity index (χ2n) is 6.45. The molecule has 0 aliphatic carbocycles. The standard InChI is InChI=1S/C20H24N2O3/c1-14(22-12-4-3-5-13-22)15-6-8-16(9-7-15)19-18(25-2)11-10-17(21-19)20(23)24/h6-11,14H,3-5,12-13H2,1-2H3,(H,23,24)/t14-/m1/s1. The number of nitrogens with zero attached hydrogens (tertiary/aromatic N) is 2. The molecule has 1 aliphatic rings. The highest BCUT2D eigenvalue weighted by molar-refractivity contribution is 5.86. The SMILES string of the molecule is COc1ccc(C(=O)O)nc1-c1ccc([C@@H](C)N2CCCCC2)cc1. The van der Waals surface area contributed by atoms with E-state index in [0.717, 1.165) is 18.7 Å². The molecule has 1 atom stereocenters. The quantitative estimate of drug-likeness (QED) is 0.891. The third kappa shape index (κ3) is 3.82. The van der Waals surface area contributed by atoms with Gasteiger partial charge >= 0.3 is 5.97 Å². The lowest BCUT2D eigenvalue weighted by Crippen LogP contribution is -2.32. The van der Waals surface area contributed by atoms with E-state index in [-0.39, 0.29) is 5.69 Å². The Morgan fingerprint density at radius 1 is 1.12 bits per heavy atom. The third-order valence-corrected chi connectivity index (χ3v) is 4.90. The molecular weight excluding hydrogens is 316 g/mol. The summed E-state index contributed by atoms with van der Waals surface area (Å²) < 4.78 is 5.34. The number of carbonyl (C=O) groups is 1. The lowest BCUT2D eigenvalue weighted by Gasteiger charge is -2.32. The highest BCUT2D eigenvalue weighted by Gasteiger charge is 2.18. The van der Waals surface area contributed by atoms with Crippen LogP contribution in [0.4, 0.5) is 0 Å². The summed E-state index contributed by atoms with van der Waals surface area (Å²) in [7, 11) is 1.56. The van der Waals surface area contributed by atoms with E-state index >= 15 is 0 Å². The van der Waals surface area contributed by atoms with Gasteiger partial charge in [0.1, 0.15) is 17.1 Å². The second kappa shape index (κ2) is 7.66. The van der Waals surface area contributed by atoms with Gasteiger partial charge in [0.05, 0.1) is 7.11 Å². The van der Waals surface area contributed by atoms with Gasteiger partial charge in [0.25, 0.3) is 0 Å². The molecule has 2 aromatic rings. The van der Waals surface area contributed by atoms with E-state index in [2.05, 4.69) is 28.9 Å². The lowest BCUT2D eigenvalue weighted by molar-refractivity contribution is 0.0690. The van der Waals surface area contributed by atoms with Gasteiger partial charge < -0.3 is 9.84 Å². The van der Waals surface area contributed by atoms with E-state index in [1.807, 2.05) is 12.1 Å². The summed E-state index contributed by atoms with van der Waals surface area (Å²) >= 11 is 0. The summed E-state index contributed by atoms with van der Waals surface area (Å²) in [6.45, 7) is 4.54. The fourth-order valence-corrected chi connectivity index (χ4v) is 3.37. The van der Waals surface area contributed by atoms with Gasteiger partial charge in [-0.25, -0.2) is 9.78 Å². The molecule has 5 nitrogen and oxygen atoms in total. The molecule has 0 amide bonds. The van der Waals surface area contributed by atoms with Crippen LogP contribution in [-0.2, 0) is 0 Å². The molecule has 1 fully saturated rings. The first kappa shape index (κ1) is 17.4. The average molecular weight is 340 g/mol. The van der Waals surface area contributed by atoms with Crippen LogP contribution in [0, 0.1) is 0 Å². The molecule has 0 spiro atoms. The van der Waals surface area contributed by atoms with Crippen molar-refractivity contribution < 1.29 is 14.6 Å². The lowest BCUT2D eigenvalue weighted by atomic mass is 10.0. The summed E-state index contributed by atoms with van der Waals surface area (Å²) in [5, 5.41) is 9.17. The predicted octanol–water partition coefficient (Wildman–Crippen LogP) is 4.00. The Bertz CT molecular complexity index is 737. The van der Waals surface area contributed by atoms with E-state index in [1.54, 1.807) is 13.2 Å². The molecule has 1 N–H and O–H groups in total. The number of hydrogen-bond acceptors (Lipinski definition) is 4. The fourth-order valence-electron chi connectivity index (χ4n) is 3.37. The van der Waals surface area contributed by atoms with Crippen LogP contribution >= 0.6 is 0 Å². The van der Waals surface area contributed by atoms with E-state index in [9.17, 15) is 9.90 Å². The van der Waals surface area contributed by atoms with Crippen LogP contribution in [0.15, 0.2) is 36.4 Å². The number of carboxylic acid groups (broad SMARTS) is 1. The topological polar surface area (TPSA) is 62.7 Å². The number of hydrogen-bond donors (Lipinski definition) is 1. The first-order valence-corrected chi connectivity index (χ1v) is 8.73. The Kier molecular flexibility index (Phi) is 5.34. The van der Waals surface area contributed by atoms with Crippen LogP contribution < -0.4 is 4.74 Å². The summed E-state index contributed by atoms with van der Waals surface area (Å²) in [6, 6.07) is 11.7. The van der Waals surface area contributed by atoms with Crippen molar-refractivity contribution in [3.63, 3.8) is 0 Å². The maximum Gasteiger partial charge on any atom is 0.354 e. The van der Waals surface area contributed by atoms with Gasteiger partial charge in [-0.05, 0) is 50.6 Å². The number of carboxylic acids is 1. The number of pyridine rings is 1. The Morgan fingerprint density at radius 3 is 2.40 bits per heavy atom. The number of piperidine rings is 1. The van der Waals surface area contributed by atoms with Crippen molar-refractivity contribution in [3.05, 3.63) is 47.7 Å². The number of aromatic carboxylic acids is 1. The number of aromatic nitrogens is 1. The highest BCUT2D eigenvalue weighted by Crippen LogP contribution is 2.30. The van der Waals surface area contributed by atoms with Gasteiger partial charge in [-0.2, -0.15) is 0 Å². The molecule has 5 heteroatoms. The van der Waals surface area contributed by atoms with Crippen LogP contribution in [0.25, 0.3) is 11.3 Å². The van der Waals surface area contributed by atoms with Crippen LogP contribution in [0.1, 0.15) is 48.3 Å². The van der Waals surface area contributed by atoms with E-state index < -0.39 is 5.97 Å². The Labute approximate surface area is 148 Å². The van der Waals surface area contributed by atoms with Gasteiger partial charge in [0.15, 0.2) is 0 Å². The maximum atomic E-state index is 11.2. The summed E-state index contributed by atoms with van der Waals surface area (Å²) in [6.07, 6.45) is 3.87. The molecule has 25 heavy (non-hydrogen) atoms. The molecule has 1 aromatic carbocycles. The first-order chi connectivity index (χ1) is 12.1. The number of benzene rings is 1. The van der Waals surface area contributed by atoms with Gasteiger partial charge in [-0.15, -0.1) is 0 Å². The maximum absolute atomic E-state index is 11.2. The number of rotatable bonds is 5. The smallest absolute Gasteiger partial charge is 0.354 e. The number of ether oxygens (including phenoxy) is 1. The monoisotopic (exact) mass is 340 g/mol. The van der Waals surface area contributed by atoms with Crippen molar-refractivity contribution in [2.24, 2.45) is 0 Å². The Hall–Kier alpha value is -2.40. The number of likely N-dealkylation sites (tertiary alicyclic amines) is 1. The second-order valence-corrected chi connectivity index (χ2v) is 6.45. The zero-order valence-electron chi connectivity index (χ0n) is 14.7. The predicted molar refractivity (Wildman–Crippen MR) is 97.0 cm³/mol. The van der Waals surface area contributed by atoms with Gasteiger partial charge in [0, 0.05) is 11.6 Å². The summed E-state index contributed by atoms with van der Waals surface area (Å²) in [5.41, 5.74) is 2.69. The Morgan fingerprint density at radius 2 is 1.80 bits per heavy atom. The molecule has 3 rings (SSSR count). The molecule has 0 bridgehead atoms. The fraction of sp³-hybridized carbons (Fsp3) is 0.400. The Balaban J connectivity index is 1.87. The molecular formula is C20H24N2O3. The highest BCUT2D eigenvalue weighted by atomic mass is 16.5. The van der Waals surface area contributed by atoms with Crippen molar-refractivity contribution in [3.8, 4) is 17.0 Å². The van der Waals surface area contributed by atoms with E-state index in [1.165, 1.54) is 30.9 Å². The minimum Gasteiger partial charge on any atom is -0.494 e. The molecule has 1 aliphatic heterocycles. The molecule has 132 valence electrons. The van der Waals surface area contributed by atoms with Gasteiger partial charge in [-0.3, -0.25) is 4.90 Å². The summed E-state index contributed by atoms with van der Waals surface area (Å²) in [5.74, 6) is -0.471. The van der Waals surface area contributed by atoms with Crippen LogP contribution in [0.2, 0.25) is 0 Å². The molecule has 1 aromatic heterocycles. The molecule has 2 heterocycles. The molecule has 0 saturated carbocycles. The largest absolute Gasteiger partial charge is 0.494 e. The van der Waals surface area contributed by atoms with E-state index in [4.69, 9.17) is 4.74 Å². The van der Waals surface area contributed by atoms with Crippen molar-refractivity contribution >= 4 is 5.97 Å². The van der Waals surface area contributed by atoms with E-state index in [0.29, 0.717) is 17.5 Å².